The van der Waals surface area contributed by atoms with Gasteiger partial charge in [0.1, 0.15) is 0 Å². The normalized spacial score (nSPS) is 11.7. The molecular formula is C10H16O. The van der Waals surface area contributed by atoms with Gasteiger partial charge in [0.15, 0.2) is 0 Å². The average molecular weight is 152 g/mol. The molecule has 0 heterocycles. The van der Waals surface area contributed by atoms with E-state index >= 15 is 0 Å². The third-order valence-corrected chi connectivity index (χ3v) is 1.18. The maximum absolute atomic E-state index is 5.36. The van der Waals surface area contributed by atoms with Gasteiger partial charge in [0.2, 0.25) is 0 Å². The minimum absolute atomic E-state index is 0.267. The van der Waals surface area contributed by atoms with E-state index in [1.807, 2.05) is 19.9 Å². The largest absolute Gasteiger partial charge is 0.374 e. The zero-order valence-electron chi connectivity index (χ0n) is 7.34. The summed E-state index contributed by atoms with van der Waals surface area (Å²) in [7, 11) is 0. The van der Waals surface area contributed by atoms with Crippen LogP contribution in [0.4, 0.5) is 0 Å². The van der Waals surface area contributed by atoms with Crippen LogP contribution in [0.25, 0.3) is 0 Å². The van der Waals surface area contributed by atoms with Crippen molar-refractivity contribution in [3.05, 3.63) is 37.0 Å². The van der Waals surface area contributed by atoms with E-state index in [0.29, 0.717) is 6.61 Å². The van der Waals surface area contributed by atoms with E-state index in [9.17, 15) is 0 Å². The van der Waals surface area contributed by atoms with Crippen LogP contribution in [0.15, 0.2) is 37.0 Å². The molecule has 0 aromatic carbocycles. The van der Waals surface area contributed by atoms with Crippen LogP contribution in [0.1, 0.15) is 13.8 Å². The van der Waals surface area contributed by atoms with Gasteiger partial charge in [-0.3, -0.25) is 0 Å². The van der Waals surface area contributed by atoms with Gasteiger partial charge in [0.25, 0.3) is 0 Å². The van der Waals surface area contributed by atoms with E-state index in [1.54, 1.807) is 12.2 Å². The van der Waals surface area contributed by atoms with E-state index in [-0.39, 0.29) is 6.10 Å². The summed E-state index contributed by atoms with van der Waals surface area (Å²) in [5.74, 6) is 0. The lowest BCUT2D eigenvalue weighted by molar-refractivity contribution is 0.0989. The molecule has 62 valence electrons. The molecule has 11 heavy (non-hydrogen) atoms. The van der Waals surface area contributed by atoms with Gasteiger partial charge in [0.05, 0.1) is 12.7 Å². The van der Waals surface area contributed by atoms with Crippen molar-refractivity contribution in [3.63, 3.8) is 0 Å². The van der Waals surface area contributed by atoms with Gasteiger partial charge in [0, 0.05) is 0 Å². The summed E-state index contributed by atoms with van der Waals surface area (Å²) in [4.78, 5) is 0. The van der Waals surface area contributed by atoms with Crippen molar-refractivity contribution < 1.29 is 4.74 Å². The molecule has 0 amide bonds. The van der Waals surface area contributed by atoms with Crippen molar-refractivity contribution in [2.45, 2.75) is 20.0 Å². The Morgan fingerprint density at radius 1 is 1.45 bits per heavy atom. The molecule has 0 atom stereocenters. The summed E-state index contributed by atoms with van der Waals surface area (Å²) in [6.07, 6.45) is 5.68. The Labute approximate surface area is 69.1 Å². The van der Waals surface area contributed by atoms with Crippen LogP contribution < -0.4 is 0 Å². The fourth-order valence-electron chi connectivity index (χ4n) is 0.589. The number of hydrogen-bond donors (Lipinski definition) is 0. The molecule has 0 radical (unpaired) electrons. The molecule has 1 nitrogen and oxygen atoms in total. The molecule has 0 rings (SSSR count). The van der Waals surface area contributed by atoms with Crippen molar-refractivity contribution in [3.8, 4) is 0 Å². The maximum atomic E-state index is 5.36. The third-order valence-electron chi connectivity index (χ3n) is 1.18. The molecule has 1 heteroatoms. The topological polar surface area (TPSA) is 9.23 Å². The summed E-state index contributed by atoms with van der Waals surface area (Å²) in [6.45, 7) is 11.9. The monoisotopic (exact) mass is 152 g/mol. The lowest BCUT2D eigenvalue weighted by atomic mass is 10.2. The smallest absolute Gasteiger partial charge is 0.0720 e. The second-order valence-corrected chi connectivity index (χ2v) is 2.54. The van der Waals surface area contributed by atoms with Crippen LogP contribution >= 0.6 is 0 Å². The van der Waals surface area contributed by atoms with Crippen LogP contribution in [0.2, 0.25) is 0 Å². The first-order chi connectivity index (χ1) is 5.20. The quantitative estimate of drug-likeness (QED) is 0.550. The Morgan fingerprint density at radius 3 is 2.45 bits per heavy atom. The number of allylic oxidation sites excluding steroid dienone is 2. The summed E-state index contributed by atoms with van der Waals surface area (Å²) >= 11 is 0. The van der Waals surface area contributed by atoms with E-state index in [4.69, 9.17) is 4.74 Å². The van der Waals surface area contributed by atoms with Crippen molar-refractivity contribution in [2.75, 3.05) is 6.61 Å². The van der Waals surface area contributed by atoms with Crippen LogP contribution in [0.3, 0.4) is 0 Å². The number of ether oxygens (including phenoxy) is 1. The van der Waals surface area contributed by atoms with Gasteiger partial charge in [-0.05, 0) is 19.4 Å². The fourth-order valence-corrected chi connectivity index (χ4v) is 0.589. The van der Waals surface area contributed by atoms with Crippen LogP contribution in [0.5, 0.6) is 0 Å². The van der Waals surface area contributed by atoms with Crippen molar-refractivity contribution >= 4 is 0 Å². The molecule has 0 aliphatic heterocycles. The molecule has 0 N–H and O–H groups in total. The first-order valence-corrected chi connectivity index (χ1v) is 3.76. The Balaban J connectivity index is 3.79. The molecule has 0 unspecified atom stereocenters. The van der Waals surface area contributed by atoms with E-state index < -0.39 is 0 Å². The Bertz CT molecular complexity index is 154. The number of hydrogen-bond acceptors (Lipinski definition) is 1. The highest BCUT2D eigenvalue weighted by molar-refractivity contribution is 5.21. The lowest BCUT2D eigenvalue weighted by Gasteiger charge is -2.06. The van der Waals surface area contributed by atoms with E-state index in [1.165, 1.54) is 0 Å². The van der Waals surface area contributed by atoms with Gasteiger partial charge >= 0.3 is 0 Å². The second-order valence-electron chi connectivity index (χ2n) is 2.54. The van der Waals surface area contributed by atoms with Crippen molar-refractivity contribution in [1.29, 1.82) is 0 Å². The van der Waals surface area contributed by atoms with Gasteiger partial charge < -0.3 is 4.74 Å². The lowest BCUT2D eigenvalue weighted by Crippen LogP contribution is -2.04. The highest BCUT2D eigenvalue weighted by Gasteiger charge is 1.93. The first-order valence-electron chi connectivity index (χ1n) is 3.76. The average Bonchev–Trinajstić information content (AvgIpc) is 1.97. The predicted octanol–water partition coefficient (Wildman–Crippen LogP) is 2.71. The van der Waals surface area contributed by atoms with E-state index in [2.05, 4.69) is 13.2 Å². The molecule has 0 saturated heterocycles. The maximum Gasteiger partial charge on any atom is 0.0720 e. The molecule has 0 spiro atoms. The zero-order valence-corrected chi connectivity index (χ0v) is 7.34. The van der Waals surface area contributed by atoms with Gasteiger partial charge in [-0.1, -0.05) is 31.4 Å². The molecule has 0 fully saturated rings. The highest BCUT2D eigenvalue weighted by atomic mass is 16.5. The molecule has 0 aromatic heterocycles. The summed E-state index contributed by atoms with van der Waals surface area (Å²) < 4.78 is 5.36. The van der Waals surface area contributed by atoms with Crippen molar-refractivity contribution in [1.82, 2.24) is 0 Å². The van der Waals surface area contributed by atoms with E-state index in [0.717, 1.165) is 5.57 Å². The van der Waals surface area contributed by atoms with Crippen LogP contribution in [-0.4, -0.2) is 12.7 Å². The van der Waals surface area contributed by atoms with Gasteiger partial charge in [-0.25, -0.2) is 0 Å². The minimum atomic E-state index is 0.267. The first kappa shape index (κ1) is 10.2. The third kappa shape index (κ3) is 5.62. The fraction of sp³-hybridized carbons (Fsp3) is 0.400. The molecule has 0 aliphatic carbocycles. The standard InChI is InChI=1S/C10H16O/c1-5-7-10(6-2)8-11-9(3)4/h5-7,9H,1-2,8H2,3-4H3/b10-7+. The Kier molecular flexibility index (Phi) is 5.49. The van der Waals surface area contributed by atoms with Gasteiger partial charge in [-0.2, -0.15) is 0 Å². The second kappa shape index (κ2) is 5.93. The molecule has 0 aromatic rings. The summed E-state index contributed by atoms with van der Waals surface area (Å²) in [5.41, 5.74) is 1.06. The minimum Gasteiger partial charge on any atom is -0.374 e. The van der Waals surface area contributed by atoms with Crippen LogP contribution in [0, 0.1) is 0 Å². The van der Waals surface area contributed by atoms with Gasteiger partial charge in [-0.15, -0.1) is 0 Å². The highest BCUT2D eigenvalue weighted by Crippen LogP contribution is 1.99. The SMILES string of the molecule is C=C/C=C(\C=C)COC(C)C. The molecular weight excluding hydrogens is 136 g/mol. The summed E-state index contributed by atoms with van der Waals surface area (Å²) in [5, 5.41) is 0. The van der Waals surface area contributed by atoms with Crippen molar-refractivity contribution in [2.24, 2.45) is 0 Å². The predicted molar refractivity (Wildman–Crippen MR) is 49.6 cm³/mol. The Morgan fingerprint density at radius 2 is 2.09 bits per heavy atom. The zero-order chi connectivity index (χ0) is 8.69. The Hall–Kier alpha value is -0.820. The molecule has 0 aliphatic rings. The summed E-state index contributed by atoms with van der Waals surface area (Å²) in [6, 6.07) is 0. The number of rotatable bonds is 5. The molecule has 0 bridgehead atoms. The molecule has 0 saturated carbocycles. The van der Waals surface area contributed by atoms with Crippen LogP contribution in [-0.2, 0) is 4.74 Å².